The van der Waals surface area contributed by atoms with E-state index in [4.69, 9.17) is 9.47 Å². The summed E-state index contributed by atoms with van der Waals surface area (Å²) in [5.41, 5.74) is 0.433. The SMILES string of the molecule is C=CCOC(=O)[C@@H]1[C@H]2C(=O)N(CCO)C(C(=O)N(CC=C)c3c(C)cccc3C)C23CC(C)[C@@]1(C)O3. The van der Waals surface area contributed by atoms with Crippen molar-refractivity contribution in [2.24, 2.45) is 17.8 Å². The third-order valence-electron chi connectivity index (χ3n) is 8.27. The Morgan fingerprint density at radius 2 is 1.94 bits per heavy atom. The van der Waals surface area contributed by atoms with E-state index >= 15 is 0 Å². The number of para-hydroxylation sites is 1. The van der Waals surface area contributed by atoms with E-state index in [9.17, 15) is 19.5 Å². The number of rotatable bonds is 9. The highest BCUT2D eigenvalue weighted by Gasteiger charge is 2.80. The average Bonchev–Trinajstić information content (AvgIpc) is 3.33. The van der Waals surface area contributed by atoms with E-state index in [0.29, 0.717) is 6.42 Å². The predicted molar refractivity (Wildman–Crippen MR) is 135 cm³/mol. The van der Waals surface area contributed by atoms with Gasteiger partial charge < -0.3 is 24.4 Å². The van der Waals surface area contributed by atoms with Gasteiger partial charge in [0.25, 0.3) is 5.91 Å². The van der Waals surface area contributed by atoms with Gasteiger partial charge in [-0.05, 0) is 44.2 Å². The summed E-state index contributed by atoms with van der Waals surface area (Å²) < 4.78 is 12.1. The zero-order chi connectivity index (χ0) is 26.4. The van der Waals surface area contributed by atoms with Crippen LogP contribution in [-0.4, -0.2) is 71.3 Å². The summed E-state index contributed by atoms with van der Waals surface area (Å²) in [7, 11) is 0. The molecule has 3 aliphatic rings. The number of esters is 1. The van der Waals surface area contributed by atoms with Crippen LogP contribution in [0.25, 0.3) is 0 Å². The number of hydrogen-bond acceptors (Lipinski definition) is 6. The lowest BCUT2D eigenvalue weighted by Crippen LogP contribution is -2.57. The maximum absolute atomic E-state index is 14.4. The zero-order valence-electron chi connectivity index (χ0n) is 21.5. The number of amides is 2. The number of aliphatic hydroxyl groups excluding tert-OH is 1. The van der Waals surface area contributed by atoms with E-state index in [1.165, 1.54) is 11.0 Å². The summed E-state index contributed by atoms with van der Waals surface area (Å²) in [6, 6.07) is 4.80. The second-order valence-electron chi connectivity index (χ2n) is 10.4. The van der Waals surface area contributed by atoms with Crippen LogP contribution in [0.3, 0.4) is 0 Å². The monoisotopic (exact) mass is 496 g/mol. The number of nitrogens with zero attached hydrogens (tertiary/aromatic N) is 2. The van der Waals surface area contributed by atoms with Crippen molar-refractivity contribution < 1.29 is 29.0 Å². The number of aliphatic hydroxyl groups is 1. The summed E-state index contributed by atoms with van der Waals surface area (Å²) in [6.45, 7) is 15.0. The Hall–Kier alpha value is -2.97. The Bertz CT molecular complexity index is 1080. The Kier molecular flexibility index (Phi) is 6.88. The third kappa shape index (κ3) is 3.61. The van der Waals surface area contributed by atoms with Crippen molar-refractivity contribution in [1.29, 1.82) is 0 Å². The van der Waals surface area contributed by atoms with E-state index < -0.39 is 35.0 Å². The molecular formula is C28H36N2O6. The van der Waals surface area contributed by atoms with Gasteiger partial charge in [0, 0.05) is 18.8 Å². The molecule has 0 aliphatic carbocycles. The number of likely N-dealkylation sites (tertiary alicyclic amines) is 1. The molecule has 1 N–H and O–H groups in total. The highest BCUT2D eigenvalue weighted by atomic mass is 16.6. The van der Waals surface area contributed by atoms with Crippen molar-refractivity contribution in [1.82, 2.24) is 4.90 Å². The maximum atomic E-state index is 14.4. The number of aryl methyl sites for hydroxylation is 2. The van der Waals surface area contributed by atoms with Gasteiger partial charge in [-0.2, -0.15) is 0 Å². The van der Waals surface area contributed by atoms with Gasteiger partial charge in [-0.3, -0.25) is 14.4 Å². The van der Waals surface area contributed by atoms with Crippen LogP contribution in [0.5, 0.6) is 0 Å². The lowest BCUT2D eigenvalue weighted by molar-refractivity contribution is -0.160. The van der Waals surface area contributed by atoms with Crippen LogP contribution in [0.4, 0.5) is 5.69 Å². The fourth-order valence-corrected chi connectivity index (χ4v) is 6.76. The number of β-amino-alcohol motifs (C(OH)–C–C–N with tert-alkyl or cyclic N) is 1. The van der Waals surface area contributed by atoms with E-state index in [0.717, 1.165) is 16.8 Å². The van der Waals surface area contributed by atoms with Crippen LogP contribution in [0.15, 0.2) is 43.5 Å². The smallest absolute Gasteiger partial charge is 0.313 e. The maximum Gasteiger partial charge on any atom is 0.313 e. The normalized spacial score (nSPS) is 32.4. The molecule has 8 heteroatoms. The first-order chi connectivity index (χ1) is 17.1. The summed E-state index contributed by atoms with van der Waals surface area (Å²) in [6.07, 6.45) is 3.57. The van der Waals surface area contributed by atoms with E-state index in [1.807, 2.05) is 45.9 Å². The molecule has 1 spiro atoms. The number of carbonyl (C=O) groups is 3. The number of carbonyl (C=O) groups excluding carboxylic acids is 3. The third-order valence-corrected chi connectivity index (χ3v) is 8.27. The topological polar surface area (TPSA) is 96.4 Å². The Morgan fingerprint density at radius 3 is 2.53 bits per heavy atom. The number of hydrogen-bond donors (Lipinski definition) is 1. The minimum Gasteiger partial charge on any atom is -0.461 e. The number of anilines is 1. The molecule has 2 bridgehead atoms. The second kappa shape index (κ2) is 9.48. The summed E-state index contributed by atoms with van der Waals surface area (Å²) >= 11 is 0. The second-order valence-corrected chi connectivity index (χ2v) is 10.4. The molecule has 4 rings (SSSR count). The van der Waals surface area contributed by atoms with Crippen LogP contribution >= 0.6 is 0 Å². The van der Waals surface area contributed by atoms with Crippen molar-refractivity contribution in [3.63, 3.8) is 0 Å². The van der Waals surface area contributed by atoms with E-state index in [-0.39, 0.29) is 44.0 Å². The molecule has 3 fully saturated rings. The van der Waals surface area contributed by atoms with Crippen molar-refractivity contribution in [2.75, 3.05) is 31.2 Å². The molecule has 8 nitrogen and oxygen atoms in total. The van der Waals surface area contributed by atoms with Gasteiger partial charge in [-0.15, -0.1) is 6.58 Å². The highest BCUT2D eigenvalue weighted by molar-refractivity contribution is 6.05. The first-order valence-electron chi connectivity index (χ1n) is 12.5. The van der Waals surface area contributed by atoms with Gasteiger partial charge in [0.1, 0.15) is 24.2 Å². The molecule has 194 valence electrons. The molecule has 0 saturated carbocycles. The van der Waals surface area contributed by atoms with Gasteiger partial charge >= 0.3 is 5.97 Å². The van der Waals surface area contributed by atoms with Crippen molar-refractivity contribution in [3.8, 4) is 0 Å². The van der Waals surface area contributed by atoms with Crippen molar-refractivity contribution in [2.45, 2.75) is 51.4 Å². The Balaban J connectivity index is 1.84. The summed E-state index contributed by atoms with van der Waals surface area (Å²) in [4.78, 5) is 44.6. The first kappa shape index (κ1) is 26.1. The number of fused-ring (bicyclic) bond motifs is 1. The molecule has 1 aromatic rings. The van der Waals surface area contributed by atoms with Crippen LogP contribution in [0.1, 0.15) is 31.4 Å². The minimum atomic E-state index is -1.20. The number of ether oxygens (including phenoxy) is 2. The molecule has 0 aromatic heterocycles. The van der Waals surface area contributed by atoms with E-state index in [2.05, 4.69) is 13.2 Å². The predicted octanol–water partition coefficient (Wildman–Crippen LogP) is 2.55. The largest absolute Gasteiger partial charge is 0.461 e. The average molecular weight is 497 g/mol. The highest BCUT2D eigenvalue weighted by Crippen LogP contribution is 2.65. The van der Waals surface area contributed by atoms with Crippen molar-refractivity contribution >= 4 is 23.5 Å². The van der Waals surface area contributed by atoms with Crippen LogP contribution in [0.2, 0.25) is 0 Å². The molecule has 3 aliphatic heterocycles. The molecule has 2 amide bonds. The van der Waals surface area contributed by atoms with Crippen LogP contribution in [-0.2, 0) is 23.9 Å². The molecule has 3 saturated heterocycles. The molecular weight excluding hydrogens is 460 g/mol. The van der Waals surface area contributed by atoms with Gasteiger partial charge in [0.05, 0.1) is 18.1 Å². The van der Waals surface area contributed by atoms with Crippen LogP contribution < -0.4 is 4.90 Å². The standard InChI is InChI=1S/C28H36N2O6/c1-7-12-29(22-17(3)10-9-11-18(22)4)25(33)23-28-16-19(5)27(6,36-28)21(26(34)35-15-8-2)20(28)24(32)30(23)13-14-31/h7-11,19-21,23,31H,1-2,12-16H2,3-6H3/t19?,20-,21-,23?,27+,28?/m0/s1. The molecule has 6 atom stereocenters. The lowest BCUT2D eigenvalue weighted by atomic mass is 9.62. The molecule has 0 radical (unpaired) electrons. The first-order valence-corrected chi connectivity index (χ1v) is 12.5. The summed E-state index contributed by atoms with van der Waals surface area (Å²) in [5, 5.41) is 9.84. The number of benzene rings is 1. The molecule has 36 heavy (non-hydrogen) atoms. The Labute approximate surface area is 212 Å². The summed E-state index contributed by atoms with van der Waals surface area (Å²) in [5.74, 6) is -3.04. The van der Waals surface area contributed by atoms with Crippen LogP contribution in [0, 0.1) is 31.6 Å². The quantitative estimate of drug-likeness (QED) is 0.417. The zero-order valence-corrected chi connectivity index (χ0v) is 21.5. The van der Waals surface area contributed by atoms with Crippen molar-refractivity contribution in [3.05, 3.63) is 54.6 Å². The van der Waals surface area contributed by atoms with Gasteiger partial charge in [0.15, 0.2) is 0 Å². The molecule has 1 aromatic carbocycles. The fourth-order valence-electron chi connectivity index (χ4n) is 6.76. The fraction of sp³-hybridized carbons (Fsp3) is 0.536. The lowest BCUT2D eigenvalue weighted by Gasteiger charge is -2.37. The van der Waals surface area contributed by atoms with Gasteiger partial charge in [-0.25, -0.2) is 0 Å². The molecule has 3 unspecified atom stereocenters. The minimum absolute atomic E-state index is 0.0239. The Morgan fingerprint density at radius 1 is 1.28 bits per heavy atom. The van der Waals surface area contributed by atoms with Gasteiger partial charge in [0.2, 0.25) is 5.91 Å². The molecule has 3 heterocycles. The van der Waals surface area contributed by atoms with E-state index in [1.54, 1.807) is 11.0 Å². The van der Waals surface area contributed by atoms with Gasteiger partial charge in [-0.1, -0.05) is 43.9 Å².